The summed E-state index contributed by atoms with van der Waals surface area (Å²) in [6, 6.07) is -0.402. The molecule has 1 saturated carbocycles. The van der Waals surface area contributed by atoms with Gasteiger partial charge >= 0.3 is 5.97 Å². The molecule has 104 valence electrons. The predicted molar refractivity (Wildman–Crippen MR) is 69.3 cm³/mol. The van der Waals surface area contributed by atoms with E-state index in [0.717, 1.165) is 12.8 Å². The minimum atomic E-state index is -0.883. The summed E-state index contributed by atoms with van der Waals surface area (Å²) in [4.78, 5) is 24.6. The topological polar surface area (TPSA) is 69.6 Å². The number of carboxylic acids is 1. The van der Waals surface area contributed by atoms with Gasteiger partial charge in [-0.2, -0.15) is 0 Å². The Hall–Kier alpha value is -1.10. The lowest BCUT2D eigenvalue weighted by Gasteiger charge is -2.30. The summed E-state index contributed by atoms with van der Waals surface area (Å²) in [5, 5.41) is 11.8. The summed E-state index contributed by atoms with van der Waals surface area (Å²) in [7, 11) is 0. The Morgan fingerprint density at radius 2 is 1.94 bits per heavy atom. The Labute approximate surface area is 109 Å². The van der Waals surface area contributed by atoms with Crippen molar-refractivity contribution in [2.24, 2.45) is 5.92 Å². The predicted octanol–water partition coefficient (Wildman–Crippen LogP) is 1.09. The van der Waals surface area contributed by atoms with Gasteiger partial charge in [-0.1, -0.05) is 0 Å². The van der Waals surface area contributed by atoms with E-state index >= 15 is 0 Å². The fraction of sp³-hybridized carbons (Fsp3) is 0.846. The third-order valence-electron chi connectivity index (χ3n) is 2.95. The number of amides is 1. The second kappa shape index (κ2) is 5.69. The lowest BCUT2D eigenvalue weighted by atomic mass is 10.1. The van der Waals surface area contributed by atoms with E-state index in [-0.39, 0.29) is 18.0 Å². The van der Waals surface area contributed by atoms with Crippen LogP contribution in [0.25, 0.3) is 0 Å². The Morgan fingerprint density at radius 1 is 1.39 bits per heavy atom. The van der Waals surface area contributed by atoms with Crippen LogP contribution in [0.5, 0.6) is 0 Å². The molecule has 1 aliphatic carbocycles. The van der Waals surface area contributed by atoms with Crippen LogP contribution in [0.3, 0.4) is 0 Å². The van der Waals surface area contributed by atoms with Crippen LogP contribution in [0.1, 0.15) is 40.5 Å². The third-order valence-corrected chi connectivity index (χ3v) is 2.95. The van der Waals surface area contributed by atoms with Crippen LogP contribution >= 0.6 is 0 Å². The molecule has 2 N–H and O–H groups in total. The maximum atomic E-state index is 12.0. The molecule has 0 aromatic heterocycles. The van der Waals surface area contributed by atoms with Gasteiger partial charge in [0.2, 0.25) is 5.91 Å². The number of aliphatic carboxylic acids is 1. The summed E-state index contributed by atoms with van der Waals surface area (Å²) >= 11 is 0. The summed E-state index contributed by atoms with van der Waals surface area (Å²) in [6.07, 6.45) is 2.29. The SMILES string of the molecule is CC(C(=O)NC(C)(C)C)N(CC(=O)O)CC1CC1. The average molecular weight is 256 g/mol. The molecule has 0 heterocycles. The number of nitrogens with zero attached hydrogens (tertiary/aromatic N) is 1. The highest BCUT2D eigenvalue weighted by Crippen LogP contribution is 2.30. The van der Waals surface area contributed by atoms with E-state index in [2.05, 4.69) is 5.32 Å². The van der Waals surface area contributed by atoms with Crippen LogP contribution < -0.4 is 5.32 Å². The minimum Gasteiger partial charge on any atom is -0.480 e. The van der Waals surface area contributed by atoms with E-state index < -0.39 is 12.0 Å². The van der Waals surface area contributed by atoms with Gasteiger partial charge in [0.05, 0.1) is 12.6 Å². The molecule has 0 aliphatic heterocycles. The second-order valence-electron chi connectivity index (χ2n) is 6.18. The van der Waals surface area contributed by atoms with Gasteiger partial charge in [0.1, 0.15) is 0 Å². The van der Waals surface area contributed by atoms with Crippen molar-refractivity contribution in [3.05, 3.63) is 0 Å². The van der Waals surface area contributed by atoms with Crippen LogP contribution in [0.4, 0.5) is 0 Å². The van der Waals surface area contributed by atoms with E-state index in [1.54, 1.807) is 11.8 Å². The fourth-order valence-electron chi connectivity index (χ4n) is 1.81. The average Bonchev–Trinajstić information content (AvgIpc) is 2.96. The first-order valence-electron chi connectivity index (χ1n) is 6.47. The molecule has 1 unspecified atom stereocenters. The van der Waals surface area contributed by atoms with E-state index in [0.29, 0.717) is 12.5 Å². The van der Waals surface area contributed by atoms with Gasteiger partial charge in [-0.05, 0) is 46.5 Å². The van der Waals surface area contributed by atoms with Crippen LogP contribution in [-0.2, 0) is 9.59 Å². The summed E-state index contributed by atoms with van der Waals surface area (Å²) in [6.45, 7) is 8.15. The molecule has 0 saturated heterocycles. The van der Waals surface area contributed by atoms with Crippen molar-refractivity contribution in [2.45, 2.75) is 52.1 Å². The molecule has 0 aromatic carbocycles. The monoisotopic (exact) mass is 256 g/mol. The summed E-state index contributed by atoms with van der Waals surface area (Å²) in [5.74, 6) is -0.426. The van der Waals surface area contributed by atoms with Gasteiger partial charge in [-0.15, -0.1) is 0 Å². The van der Waals surface area contributed by atoms with Crippen molar-refractivity contribution in [2.75, 3.05) is 13.1 Å². The Morgan fingerprint density at radius 3 is 2.33 bits per heavy atom. The maximum absolute atomic E-state index is 12.0. The van der Waals surface area contributed by atoms with Gasteiger partial charge < -0.3 is 10.4 Å². The van der Waals surface area contributed by atoms with Crippen LogP contribution in [0.2, 0.25) is 0 Å². The van der Waals surface area contributed by atoms with E-state index in [1.807, 2.05) is 20.8 Å². The first-order valence-corrected chi connectivity index (χ1v) is 6.47. The Kier molecular flexibility index (Phi) is 4.73. The van der Waals surface area contributed by atoms with Crippen molar-refractivity contribution in [1.29, 1.82) is 0 Å². The molecule has 1 amide bonds. The molecular weight excluding hydrogens is 232 g/mol. The highest BCUT2D eigenvalue weighted by atomic mass is 16.4. The molecule has 5 heteroatoms. The highest BCUT2D eigenvalue weighted by Gasteiger charge is 2.31. The quantitative estimate of drug-likeness (QED) is 0.746. The number of hydrogen-bond donors (Lipinski definition) is 2. The van der Waals surface area contributed by atoms with Crippen molar-refractivity contribution in [1.82, 2.24) is 10.2 Å². The molecule has 1 fully saturated rings. The molecule has 18 heavy (non-hydrogen) atoms. The van der Waals surface area contributed by atoms with Crippen molar-refractivity contribution < 1.29 is 14.7 Å². The fourth-order valence-corrected chi connectivity index (χ4v) is 1.81. The molecule has 1 atom stereocenters. The molecule has 0 bridgehead atoms. The number of carbonyl (C=O) groups excluding carboxylic acids is 1. The molecule has 1 aliphatic rings. The van der Waals surface area contributed by atoms with Gasteiger partial charge in [-0.25, -0.2) is 0 Å². The van der Waals surface area contributed by atoms with Gasteiger partial charge in [0.15, 0.2) is 0 Å². The minimum absolute atomic E-state index is 0.0742. The largest absolute Gasteiger partial charge is 0.480 e. The second-order valence-corrected chi connectivity index (χ2v) is 6.18. The van der Waals surface area contributed by atoms with Crippen LogP contribution in [-0.4, -0.2) is 46.6 Å². The number of carboxylic acid groups (broad SMARTS) is 1. The van der Waals surface area contributed by atoms with Crippen molar-refractivity contribution in [3.63, 3.8) is 0 Å². The van der Waals surface area contributed by atoms with Crippen LogP contribution in [0.15, 0.2) is 0 Å². The van der Waals surface area contributed by atoms with Gasteiger partial charge in [-0.3, -0.25) is 14.5 Å². The molecule has 0 radical (unpaired) electrons. The van der Waals surface area contributed by atoms with E-state index in [1.165, 1.54) is 0 Å². The number of nitrogens with one attached hydrogen (secondary N) is 1. The third kappa shape index (κ3) is 5.49. The standard InChI is InChI=1S/C13H24N2O3/c1-9(12(18)14-13(2,3)4)15(8-11(16)17)7-10-5-6-10/h9-10H,5-8H2,1-4H3,(H,14,18)(H,16,17). The van der Waals surface area contributed by atoms with E-state index in [9.17, 15) is 9.59 Å². The van der Waals surface area contributed by atoms with Gasteiger partial charge in [0, 0.05) is 12.1 Å². The highest BCUT2D eigenvalue weighted by molar-refractivity contribution is 5.82. The van der Waals surface area contributed by atoms with Gasteiger partial charge in [0.25, 0.3) is 0 Å². The first kappa shape index (κ1) is 15.0. The first-order chi connectivity index (χ1) is 8.19. The zero-order chi connectivity index (χ0) is 13.9. The lowest BCUT2D eigenvalue weighted by molar-refractivity contribution is -0.140. The van der Waals surface area contributed by atoms with Crippen molar-refractivity contribution in [3.8, 4) is 0 Å². The normalized spacial score (nSPS) is 17.6. The zero-order valence-electron chi connectivity index (χ0n) is 11.7. The zero-order valence-corrected chi connectivity index (χ0v) is 11.7. The smallest absolute Gasteiger partial charge is 0.317 e. The maximum Gasteiger partial charge on any atom is 0.317 e. The summed E-state index contributed by atoms with van der Waals surface area (Å²) in [5.41, 5.74) is -0.292. The number of carbonyl (C=O) groups is 2. The number of rotatable bonds is 6. The Bertz CT molecular complexity index is 319. The van der Waals surface area contributed by atoms with E-state index in [4.69, 9.17) is 5.11 Å². The molecular formula is C13H24N2O3. The molecule has 0 aromatic rings. The lowest BCUT2D eigenvalue weighted by Crippen LogP contribution is -2.52. The molecule has 0 spiro atoms. The Balaban J connectivity index is 2.58. The molecule has 5 nitrogen and oxygen atoms in total. The molecule has 1 rings (SSSR count). The van der Waals surface area contributed by atoms with Crippen molar-refractivity contribution >= 4 is 11.9 Å². The van der Waals surface area contributed by atoms with Crippen LogP contribution in [0, 0.1) is 5.92 Å². The summed E-state index contributed by atoms with van der Waals surface area (Å²) < 4.78 is 0. The number of hydrogen-bond acceptors (Lipinski definition) is 3.